The van der Waals surface area contributed by atoms with Gasteiger partial charge in [-0.25, -0.2) is 13.1 Å². The van der Waals surface area contributed by atoms with Crippen LogP contribution < -0.4 is 4.72 Å². The number of aromatic nitrogens is 2. The van der Waals surface area contributed by atoms with E-state index in [0.717, 1.165) is 11.1 Å². The number of nitrogens with one attached hydrogen (secondary N) is 1. The van der Waals surface area contributed by atoms with Crippen LogP contribution >= 0.6 is 23.2 Å². The highest BCUT2D eigenvalue weighted by Gasteiger charge is 2.18. The first-order valence-electron chi connectivity index (χ1n) is 7.64. The molecule has 1 aromatic heterocycles. The quantitative estimate of drug-likeness (QED) is 0.662. The maximum Gasteiger partial charge on any atom is 0.242 e. The van der Waals surface area contributed by atoms with Crippen molar-refractivity contribution < 1.29 is 12.9 Å². The third-order valence-corrected chi connectivity index (χ3v) is 5.54. The molecule has 0 aliphatic rings. The number of halogens is 2. The van der Waals surface area contributed by atoms with Crippen LogP contribution in [0.2, 0.25) is 10.0 Å². The van der Waals surface area contributed by atoms with Gasteiger partial charge in [-0.2, -0.15) is 4.98 Å². The van der Waals surface area contributed by atoms with Crippen LogP contribution in [0, 0.1) is 6.92 Å². The van der Waals surface area contributed by atoms with Gasteiger partial charge in [-0.15, -0.1) is 0 Å². The number of aryl methyl sites for hydroxylation is 1. The third kappa shape index (κ3) is 4.62. The Hall–Kier alpha value is -1.93. The second kappa shape index (κ2) is 7.75. The van der Waals surface area contributed by atoms with Gasteiger partial charge in [0, 0.05) is 21.2 Å². The third-order valence-electron chi connectivity index (χ3n) is 3.58. The first-order valence-corrected chi connectivity index (χ1v) is 10.0. The summed E-state index contributed by atoms with van der Waals surface area (Å²) in [5.74, 6) is 0.220. The smallest absolute Gasteiger partial charge is 0.242 e. The lowest BCUT2D eigenvalue weighted by Crippen LogP contribution is -2.25. The summed E-state index contributed by atoms with van der Waals surface area (Å²) in [4.78, 5) is 4.21. The van der Waals surface area contributed by atoms with E-state index < -0.39 is 10.0 Å². The average molecular weight is 412 g/mol. The van der Waals surface area contributed by atoms with Crippen LogP contribution in [-0.4, -0.2) is 18.6 Å². The molecule has 1 heterocycles. The SMILES string of the molecule is Cc1cccc(-c2noc(CNS(=O)(=O)Cc3c(Cl)cccc3Cl)n2)c1. The van der Waals surface area contributed by atoms with E-state index in [-0.39, 0.29) is 18.2 Å². The standard InChI is InChI=1S/C17H15Cl2N3O3S/c1-11-4-2-5-12(8-11)17-21-16(25-22-17)9-20-26(23,24)10-13-14(18)6-3-7-15(13)19/h2-8,20H,9-10H2,1H3. The lowest BCUT2D eigenvalue weighted by atomic mass is 10.1. The Morgan fingerprint density at radius 3 is 2.50 bits per heavy atom. The van der Waals surface area contributed by atoms with E-state index in [9.17, 15) is 8.42 Å². The second-order valence-corrected chi connectivity index (χ2v) is 8.28. The van der Waals surface area contributed by atoms with E-state index in [1.807, 2.05) is 31.2 Å². The van der Waals surface area contributed by atoms with Gasteiger partial charge in [0.15, 0.2) is 0 Å². The largest absolute Gasteiger partial charge is 0.338 e. The molecule has 0 atom stereocenters. The van der Waals surface area contributed by atoms with E-state index in [4.69, 9.17) is 27.7 Å². The highest BCUT2D eigenvalue weighted by molar-refractivity contribution is 7.88. The highest BCUT2D eigenvalue weighted by atomic mass is 35.5. The summed E-state index contributed by atoms with van der Waals surface area (Å²) < 4.78 is 32.1. The molecule has 26 heavy (non-hydrogen) atoms. The zero-order chi connectivity index (χ0) is 18.7. The lowest BCUT2D eigenvalue weighted by molar-refractivity contribution is 0.376. The van der Waals surface area contributed by atoms with Crippen LogP contribution in [0.15, 0.2) is 47.0 Å². The summed E-state index contributed by atoms with van der Waals surface area (Å²) in [5, 5.41) is 4.47. The molecule has 3 aromatic rings. The van der Waals surface area contributed by atoms with Crippen LogP contribution in [-0.2, 0) is 22.3 Å². The van der Waals surface area contributed by atoms with Crippen LogP contribution in [0.5, 0.6) is 0 Å². The maximum absolute atomic E-state index is 12.3. The Kier molecular flexibility index (Phi) is 5.62. The molecule has 0 radical (unpaired) electrons. The van der Waals surface area contributed by atoms with Gasteiger partial charge in [-0.05, 0) is 25.1 Å². The molecule has 0 aliphatic heterocycles. The van der Waals surface area contributed by atoms with Crippen molar-refractivity contribution in [1.29, 1.82) is 0 Å². The minimum Gasteiger partial charge on any atom is -0.338 e. The number of nitrogens with zero attached hydrogens (tertiary/aromatic N) is 2. The zero-order valence-electron chi connectivity index (χ0n) is 13.7. The van der Waals surface area contributed by atoms with Crippen molar-refractivity contribution in [3.8, 4) is 11.4 Å². The summed E-state index contributed by atoms with van der Waals surface area (Å²) in [7, 11) is -3.69. The van der Waals surface area contributed by atoms with Crippen molar-refractivity contribution >= 4 is 33.2 Å². The molecule has 6 nitrogen and oxygen atoms in total. The van der Waals surface area contributed by atoms with Crippen molar-refractivity contribution in [2.45, 2.75) is 19.2 Å². The molecule has 1 N–H and O–H groups in total. The van der Waals surface area contributed by atoms with Gasteiger partial charge in [0.05, 0.1) is 12.3 Å². The highest BCUT2D eigenvalue weighted by Crippen LogP contribution is 2.26. The van der Waals surface area contributed by atoms with E-state index in [0.29, 0.717) is 21.4 Å². The minimum atomic E-state index is -3.69. The summed E-state index contributed by atoms with van der Waals surface area (Å²) >= 11 is 12.0. The number of benzene rings is 2. The van der Waals surface area contributed by atoms with Crippen molar-refractivity contribution in [3.05, 3.63) is 69.5 Å². The fraction of sp³-hybridized carbons (Fsp3) is 0.176. The summed E-state index contributed by atoms with van der Waals surface area (Å²) in [6, 6.07) is 12.4. The van der Waals surface area contributed by atoms with Crippen molar-refractivity contribution in [2.75, 3.05) is 0 Å². The van der Waals surface area contributed by atoms with Gasteiger partial charge in [0.1, 0.15) is 0 Å². The first-order chi connectivity index (χ1) is 12.3. The average Bonchev–Trinajstić information content (AvgIpc) is 3.06. The second-order valence-electron chi connectivity index (χ2n) is 5.66. The van der Waals surface area contributed by atoms with E-state index in [2.05, 4.69) is 14.9 Å². The molecule has 0 saturated heterocycles. The molecule has 0 aliphatic carbocycles. The van der Waals surface area contributed by atoms with Crippen molar-refractivity contribution in [3.63, 3.8) is 0 Å². The lowest BCUT2D eigenvalue weighted by Gasteiger charge is -2.08. The van der Waals surface area contributed by atoms with Gasteiger partial charge in [0.25, 0.3) is 0 Å². The van der Waals surface area contributed by atoms with Gasteiger partial charge >= 0.3 is 0 Å². The molecule has 2 aromatic carbocycles. The Bertz CT molecular complexity index is 1010. The number of hydrogen-bond donors (Lipinski definition) is 1. The Morgan fingerprint density at radius 2 is 1.81 bits per heavy atom. The predicted molar refractivity (Wildman–Crippen MR) is 100 cm³/mol. The fourth-order valence-corrected chi connectivity index (χ4v) is 4.14. The van der Waals surface area contributed by atoms with Crippen LogP contribution in [0.3, 0.4) is 0 Å². The Balaban J connectivity index is 1.69. The van der Waals surface area contributed by atoms with Crippen LogP contribution in [0.25, 0.3) is 11.4 Å². The Labute approximate surface area is 161 Å². The summed E-state index contributed by atoms with van der Waals surface area (Å²) in [6.45, 7) is 1.84. The van der Waals surface area contributed by atoms with Gasteiger partial charge in [-0.3, -0.25) is 0 Å². The van der Waals surface area contributed by atoms with Crippen LogP contribution in [0.4, 0.5) is 0 Å². The normalized spacial score (nSPS) is 11.7. The maximum atomic E-state index is 12.3. The summed E-state index contributed by atoms with van der Waals surface area (Å²) in [5.41, 5.74) is 2.20. The van der Waals surface area contributed by atoms with E-state index in [1.54, 1.807) is 18.2 Å². The van der Waals surface area contributed by atoms with Gasteiger partial charge in [-0.1, -0.05) is 58.2 Å². The van der Waals surface area contributed by atoms with E-state index >= 15 is 0 Å². The molecular weight excluding hydrogens is 397 g/mol. The Morgan fingerprint density at radius 1 is 1.12 bits per heavy atom. The molecule has 0 unspecified atom stereocenters. The van der Waals surface area contributed by atoms with Gasteiger partial charge in [0.2, 0.25) is 21.7 Å². The monoisotopic (exact) mass is 411 g/mol. The molecule has 0 amide bonds. The van der Waals surface area contributed by atoms with E-state index in [1.165, 1.54) is 0 Å². The predicted octanol–water partition coefficient (Wildman–Crippen LogP) is 3.97. The summed E-state index contributed by atoms with van der Waals surface area (Å²) in [6.07, 6.45) is 0. The number of sulfonamides is 1. The zero-order valence-corrected chi connectivity index (χ0v) is 16.1. The first kappa shape index (κ1) is 18.8. The minimum absolute atomic E-state index is 0.122. The topological polar surface area (TPSA) is 85.1 Å². The molecule has 9 heteroatoms. The van der Waals surface area contributed by atoms with Crippen molar-refractivity contribution in [2.24, 2.45) is 0 Å². The number of rotatable bonds is 6. The van der Waals surface area contributed by atoms with Gasteiger partial charge < -0.3 is 4.52 Å². The molecule has 0 spiro atoms. The molecule has 0 bridgehead atoms. The van der Waals surface area contributed by atoms with Crippen molar-refractivity contribution in [1.82, 2.24) is 14.9 Å². The fourth-order valence-electron chi connectivity index (χ4n) is 2.31. The molecular formula is C17H15Cl2N3O3S. The van der Waals surface area contributed by atoms with Crippen LogP contribution in [0.1, 0.15) is 17.0 Å². The molecule has 3 rings (SSSR count). The molecule has 136 valence electrons. The molecule has 0 fully saturated rings. The molecule has 0 saturated carbocycles. The number of hydrogen-bond acceptors (Lipinski definition) is 5.